The zero-order valence-corrected chi connectivity index (χ0v) is 9.93. The van der Waals surface area contributed by atoms with Crippen LogP contribution in [0.15, 0.2) is 17.5 Å². The maximum Gasteiger partial charge on any atom is 0.0720 e. The molecular formula is C12H18O2S. The van der Waals surface area contributed by atoms with Crippen molar-refractivity contribution in [2.24, 2.45) is 0 Å². The molecule has 3 heteroatoms. The molecular weight excluding hydrogens is 208 g/mol. The van der Waals surface area contributed by atoms with Gasteiger partial charge in [-0.15, -0.1) is 11.3 Å². The molecule has 2 rings (SSSR count). The fraction of sp³-hybridized carbons (Fsp3) is 0.667. The van der Waals surface area contributed by atoms with Gasteiger partial charge in [0.2, 0.25) is 0 Å². The standard InChI is InChI=1S/C12H18O2S/c1-14-10-4-2-6-12(13,8-10)9-11-5-3-7-15-11/h3,5,7,10,13H,2,4,6,8-9H2,1H3. The molecule has 0 radical (unpaired) electrons. The average Bonchev–Trinajstić information content (AvgIpc) is 2.69. The molecule has 1 fully saturated rings. The lowest BCUT2D eigenvalue weighted by atomic mass is 9.80. The van der Waals surface area contributed by atoms with E-state index in [2.05, 4.69) is 11.4 Å². The summed E-state index contributed by atoms with van der Waals surface area (Å²) in [5.74, 6) is 0. The Bertz CT molecular complexity index is 297. The van der Waals surface area contributed by atoms with Crippen LogP contribution in [0.25, 0.3) is 0 Å². The van der Waals surface area contributed by atoms with Gasteiger partial charge in [0.05, 0.1) is 11.7 Å². The summed E-state index contributed by atoms with van der Waals surface area (Å²) in [4.78, 5) is 1.27. The quantitative estimate of drug-likeness (QED) is 0.858. The van der Waals surface area contributed by atoms with E-state index in [0.717, 1.165) is 32.1 Å². The molecule has 1 aromatic heterocycles. The molecule has 2 unspecified atom stereocenters. The predicted molar refractivity (Wildman–Crippen MR) is 62.2 cm³/mol. The Morgan fingerprint density at radius 2 is 2.53 bits per heavy atom. The third-order valence-corrected chi connectivity index (χ3v) is 4.07. The number of methoxy groups -OCH3 is 1. The third kappa shape index (κ3) is 2.80. The summed E-state index contributed by atoms with van der Waals surface area (Å²) < 4.78 is 5.35. The van der Waals surface area contributed by atoms with E-state index >= 15 is 0 Å². The highest BCUT2D eigenvalue weighted by atomic mass is 32.1. The van der Waals surface area contributed by atoms with Crippen LogP contribution in [0.3, 0.4) is 0 Å². The van der Waals surface area contributed by atoms with Crippen molar-refractivity contribution < 1.29 is 9.84 Å². The van der Waals surface area contributed by atoms with Gasteiger partial charge in [0, 0.05) is 24.8 Å². The summed E-state index contributed by atoms with van der Waals surface area (Å²) in [5.41, 5.74) is -0.538. The van der Waals surface area contributed by atoms with Crippen LogP contribution in [0.2, 0.25) is 0 Å². The van der Waals surface area contributed by atoms with E-state index in [0.29, 0.717) is 0 Å². The van der Waals surface area contributed by atoms with E-state index in [4.69, 9.17) is 4.74 Å². The first-order chi connectivity index (χ1) is 7.22. The molecule has 1 heterocycles. The van der Waals surface area contributed by atoms with Crippen LogP contribution in [0.5, 0.6) is 0 Å². The number of thiophene rings is 1. The van der Waals surface area contributed by atoms with Crippen molar-refractivity contribution in [1.29, 1.82) is 0 Å². The molecule has 0 saturated heterocycles. The highest BCUT2D eigenvalue weighted by Crippen LogP contribution is 2.33. The van der Waals surface area contributed by atoms with Crippen LogP contribution in [-0.4, -0.2) is 23.9 Å². The Hall–Kier alpha value is -0.380. The van der Waals surface area contributed by atoms with Crippen LogP contribution < -0.4 is 0 Å². The Morgan fingerprint density at radius 1 is 1.67 bits per heavy atom. The van der Waals surface area contributed by atoms with Crippen LogP contribution in [-0.2, 0) is 11.2 Å². The first-order valence-electron chi connectivity index (χ1n) is 5.49. The predicted octanol–water partition coefficient (Wildman–Crippen LogP) is 2.61. The molecule has 0 aromatic carbocycles. The summed E-state index contributed by atoms with van der Waals surface area (Å²) in [6, 6.07) is 4.14. The molecule has 1 aromatic rings. The van der Waals surface area contributed by atoms with Gasteiger partial charge >= 0.3 is 0 Å². The van der Waals surface area contributed by atoms with Crippen molar-refractivity contribution in [3.05, 3.63) is 22.4 Å². The second-order valence-corrected chi connectivity index (χ2v) is 5.47. The minimum Gasteiger partial charge on any atom is -0.389 e. The lowest BCUT2D eigenvalue weighted by Crippen LogP contribution is -2.39. The molecule has 0 bridgehead atoms. The number of ether oxygens (including phenoxy) is 1. The van der Waals surface area contributed by atoms with E-state index in [1.54, 1.807) is 18.4 Å². The monoisotopic (exact) mass is 226 g/mol. The average molecular weight is 226 g/mol. The van der Waals surface area contributed by atoms with E-state index in [1.807, 2.05) is 6.07 Å². The summed E-state index contributed by atoms with van der Waals surface area (Å²) in [6.45, 7) is 0. The Labute approximate surface area is 94.9 Å². The maximum atomic E-state index is 10.5. The van der Waals surface area contributed by atoms with Crippen molar-refractivity contribution in [3.8, 4) is 0 Å². The van der Waals surface area contributed by atoms with Crippen molar-refractivity contribution >= 4 is 11.3 Å². The van der Waals surface area contributed by atoms with E-state index < -0.39 is 5.60 Å². The van der Waals surface area contributed by atoms with Gasteiger partial charge in [-0.1, -0.05) is 6.07 Å². The molecule has 15 heavy (non-hydrogen) atoms. The van der Waals surface area contributed by atoms with E-state index in [-0.39, 0.29) is 6.10 Å². The van der Waals surface area contributed by atoms with E-state index in [1.165, 1.54) is 4.88 Å². The van der Waals surface area contributed by atoms with Crippen molar-refractivity contribution in [1.82, 2.24) is 0 Å². The van der Waals surface area contributed by atoms with Gasteiger partial charge in [0.25, 0.3) is 0 Å². The minimum atomic E-state index is -0.538. The highest BCUT2D eigenvalue weighted by Gasteiger charge is 2.34. The minimum absolute atomic E-state index is 0.240. The fourth-order valence-electron chi connectivity index (χ4n) is 2.39. The van der Waals surface area contributed by atoms with Gasteiger partial charge in [-0.3, -0.25) is 0 Å². The molecule has 2 nitrogen and oxygen atoms in total. The first-order valence-corrected chi connectivity index (χ1v) is 6.37. The Morgan fingerprint density at radius 3 is 3.20 bits per heavy atom. The lowest BCUT2D eigenvalue weighted by molar-refractivity contribution is -0.0577. The van der Waals surface area contributed by atoms with Crippen LogP contribution in [0.4, 0.5) is 0 Å². The van der Waals surface area contributed by atoms with Crippen LogP contribution in [0, 0.1) is 0 Å². The van der Waals surface area contributed by atoms with Crippen LogP contribution >= 0.6 is 11.3 Å². The SMILES string of the molecule is COC1CCCC(O)(Cc2cccs2)C1. The molecule has 1 saturated carbocycles. The smallest absolute Gasteiger partial charge is 0.0720 e. The molecule has 2 atom stereocenters. The maximum absolute atomic E-state index is 10.5. The zero-order chi connectivity index (χ0) is 10.7. The van der Waals surface area contributed by atoms with Gasteiger partial charge in [-0.25, -0.2) is 0 Å². The second-order valence-electron chi connectivity index (χ2n) is 4.43. The molecule has 0 spiro atoms. The number of rotatable bonds is 3. The molecule has 0 amide bonds. The zero-order valence-electron chi connectivity index (χ0n) is 9.11. The highest BCUT2D eigenvalue weighted by molar-refractivity contribution is 7.09. The van der Waals surface area contributed by atoms with Gasteiger partial charge in [0.1, 0.15) is 0 Å². The van der Waals surface area contributed by atoms with Crippen molar-refractivity contribution in [2.75, 3.05) is 7.11 Å². The summed E-state index contributed by atoms with van der Waals surface area (Å²) in [6.07, 6.45) is 4.86. The molecule has 1 aliphatic rings. The topological polar surface area (TPSA) is 29.5 Å². The molecule has 84 valence electrons. The van der Waals surface area contributed by atoms with Gasteiger partial charge in [0.15, 0.2) is 0 Å². The Kier molecular flexibility index (Phi) is 3.44. The van der Waals surface area contributed by atoms with Gasteiger partial charge < -0.3 is 9.84 Å². The molecule has 1 aliphatic carbocycles. The van der Waals surface area contributed by atoms with Crippen molar-refractivity contribution in [3.63, 3.8) is 0 Å². The number of aliphatic hydroxyl groups is 1. The van der Waals surface area contributed by atoms with Crippen LogP contribution in [0.1, 0.15) is 30.6 Å². The summed E-state index contributed by atoms with van der Waals surface area (Å²) in [7, 11) is 1.74. The first kappa shape index (κ1) is 11.1. The van der Waals surface area contributed by atoms with E-state index in [9.17, 15) is 5.11 Å². The normalized spacial score (nSPS) is 31.7. The summed E-state index contributed by atoms with van der Waals surface area (Å²) in [5, 5.41) is 12.5. The van der Waals surface area contributed by atoms with Crippen molar-refractivity contribution in [2.45, 2.75) is 43.8 Å². The second kappa shape index (κ2) is 4.64. The lowest BCUT2D eigenvalue weighted by Gasteiger charge is -2.36. The molecule has 1 N–H and O–H groups in total. The third-order valence-electron chi connectivity index (χ3n) is 3.19. The van der Waals surface area contributed by atoms with Gasteiger partial charge in [-0.05, 0) is 30.7 Å². The Balaban J connectivity index is 1.99. The van der Waals surface area contributed by atoms with Gasteiger partial charge in [-0.2, -0.15) is 0 Å². The molecule has 0 aliphatic heterocycles. The number of hydrogen-bond acceptors (Lipinski definition) is 3. The fourth-order valence-corrected chi connectivity index (χ4v) is 3.23. The number of hydrogen-bond donors (Lipinski definition) is 1. The largest absolute Gasteiger partial charge is 0.389 e. The summed E-state index contributed by atoms with van der Waals surface area (Å²) >= 11 is 1.72.